The van der Waals surface area contributed by atoms with E-state index in [-0.39, 0.29) is 41.7 Å². The summed E-state index contributed by atoms with van der Waals surface area (Å²) in [7, 11) is 3.29. The van der Waals surface area contributed by atoms with E-state index in [1.54, 1.807) is 19.1 Å². The number of hydrogen-bond donors (Lipinski definition) is 3. The molecule has 0 saturated heterocycles. The number of Topliss-reactive ketones (excluding diaryl/α,β-unsaturated/α-hetero) is 1. The van der Waals surface area contributed by atoms with Gasteiger partial charge >= 0.3 is 6.03 Å². The summed E-state index contributed by atoms with van der Waals surface area (Å²) in [5, 5.41) is 27.2. The molecule has 3 N–H and O–H groups in total. The van der Waals surface area contributed by atoms with Crippen molar-refractivity contribution in [2.24, 2.45) is 33.5 Å². The van der Waals surface area contributed by atoms with Crippen molar-refractivity contribution in [2.75, 3.05) is 33.9 Å². The molecule has 6 aliphatic rings. The van der Waals surface area contributed by atoms with Gasteiger partial charge in [0.25, 0.3) is 0 Å². The van der Waals surface area contributed by atoms with Crippen molar-refractivity contribution in [3.05, 3.63) is 89.5 Å². The molecule has 8 rings (SSSR count). The number of carbonyl (C=O) groups is 2. The van der Waals surface area contributed by atoms with Crippen molar-refractivity contribution >= 4 is 11.8 Å². The number of urea groups is 1. The molecule has 6 aliphatic carbocycles. The number of rotatable bonds is 11. The van der Waals surface area contributed by atoms with Crippen LogP contribution in [0.4, 0.5) is 4.79 Å². The van der Waals surface area contributed by atoms with Gasteiger partial charge in [-0.1, -0.05) is 62.4 Å². The number of amides is 2. The lowest BCUT2D eigenvalue weighted by Gasteiger charge is -2.71. The van der Waals surface area contributed by atoms with Crippen LogP contribution in [-0.2, 0) is 4.74 Å². The molecule has 2 amide bonds. The van der Waals surface area contributed by atoms with Crippen LogP contribution in [0.1, 0.15) is 94.1 Å². The maximum Gasteiger partial charge on any atom is 0.317 e. The zero-order valence-corrected chi connectivity index (χ0v) is 31.0. The fourth-order valence-electron chi connectivity index (χ4n) is 11.6. The number of nitrogens with one attached hydrogen (secondary N) is 1. The molecule has 1 unspecified atom stereocenters. The summed E-state index contributed by atoms with van der Waals surface area (Å²) in [5.41, 5.74) is -0.338. The van der Waals surface area contributed by atoms with Crippen molar-refractivity contribution in [1.29, 1.82) is 0 Å². The molecule has 2 spiro atoms. The average Bonchev–Trinajstić information content (AvgIpc) is 3.41. The zero-order valence-electron chi connectivity index (χ0n) is 31.0. The van der Waals surface area contributed by atoms with Gasteiger partial charge in [-0.2, -0.15) is 0 Å². The Balaban J connectivity index is 1.25. The van der Waals surface area contributed by atoms with Gasteiger partial charge < -0.3 is 29.9 Å². The van der Waals surface area contributed by atoms with Crippen LogP contribution in [0.5, 0.6) is 5.75 Å². The van der Waals surface area contributed by atoms with E-state index in [1.165, 1.54) is 0 Å². The monoisotopic (exact) mass is 696 g/mol. The van der Waals surface area contributed by atoms with Gasteiger partial charge in [0.15, 0.2) is 5.78 Å². The Bertz CT molecular complexity index is 1690. The predicted molar refractivity (Wildman–Crippen MR) is 197 cm³/mol. The van der Waals surface area contributed by atoms with Gasteiger partial charge in [0.05, 0.1) is 31.4 Å². The van der Waals surface area contributed by atoms with Gasteiger partial charge in [-0.05, 0) is 105 Å². The molecule has 51 heavy (non-hydrogen) atoms. The maximum absolute atomic E-state index is 14.8. The van der Waals surface area contributed by atoms with Crippen LogP contribution in [0.2, 0.25) is 0 Å². The second-order valence-electron chi connectivity index (χ2n) is 16.7. The summed E-state index contributed by atoms with van der Waals surface area (Å²) in [6, 6.07) is 16.9. The quantitative estimate of drug-likeness (QED) is 0.130. The second kappa shape index (κ2) is 13.2. The van der Waals surface area contributed by atoms with Gasteiger partial charge in [0.2, 0.25) is 0 Å². The van der Waals surface area contributed by atoms with Crippen molar-refractivity contribution < 1.29 is 29.3 Å². The summed E-state index contributed by atoms with van der Waals surface area (Å²) < 4.78 is 10.8. The highest BCUT2D eigenvalue weighted by atomic mass is 16.5. The first kappa shape index (κ1) is 35.9. The first-order valence-electron chi connectivity index (χ1n) is 19.0. The van der Waals surface area contributed by atoms with E-state index in [4.69, 9.17) is 9.47 Å². The summed E-state index contributed by atoms with van der Waals surface area (Å²) in [5.74, 6) is 0.903. The molecular weight excluding hydrogens is 640 g/mol. The van der Waals surface area contributed by atoms with E-state index in [1.807, 2.05) is 61.5 Å². The minimum atomic E-state index is -1.16. The lowest BCUT2D eigenvalue weighted by atomic mass is 9.32. The Morgan fingerprint density at radius 2 is 1.63 bits per heavy atom. The van der Waals surface area contributed by atoms with E-state index < -0.39 is 27.9 Å². The number of hydrogen-bond acceptors (Lipinski definition) is 6. The van der Waals surface area contributed by atoms with E-state index in [2.05, 4.69) is 37.4 Å². The molecular formula is C43H56N2O6. The molecule has 9 atom stereocenters. The topological polar surface area (TPSA) is 108 Å². The highest BCUT2D eigenvalue weighted by Gasteiger charge is 2.74. The number of ketones is 1. The van der Waals surface area contributed by atoms with E-state index in [0.29, 0.717) is 43.7 Å². The van der Waals surface area contributed by atoms with E-state index in [9.17, 15) is 19.8 Å². The third-order valence-electron chi connectivity index (χ3n) is 14.5. The number of allylic oxidation sites excluding steroid dienone is 4. The number of ether oxygens (including phenoxy) is 2. The normalized spacial score (nSPS) is 36.7. The van der Waals surface area contributed by atoms with Crippen LogP contribution in [0, 0.1) is 33.5 Å². The Kier molecular flexibility index (Phi) is 9.29. The minimum Gasteiger partial charge on any atom is -0.497 e. The Morgan fingerprint density at radius 3 is 2.33 bits per heavy atom. The molecule has 274 valence electrons. The van der Waals surface area contributed by atoms with Crippen LogP contribution in [0.25, 0.3) is 0 Å². The molecule has 8 heteroatoms. The fourth-order valence-corrected chi connectivity index (χ4v) is 11.6. The van der Waals surface area contributed by atoms with Crippen molar-refractivity contribution in [3.63, 3.8) is 0 Å². The molecule has 0 aromatic heterocycles. The van der Waals surface area contributed by atoms with E-state index in [0.717, 1.165) is 43.2 Å². The zero-order chi connectivity index (χ0) is 36.2. The molecule has 3 saturated carbocycles. The van der Waals surface area contributed by atoms with Crippen molar-refractivity contribution in [2.45, 2.75) is 89.9 Å². The number of aliphatic hydroxyl groups is 2. The first-order chi connectivity index (χ1) is 24.4. The smallest absolute Gasteiger partial charge is 0.317 e. The lowest BCUT2D eigenvalue weighted by Crippen LogP contribution is -2.67. The number of benzene rings is 2. The van der Waals surface area contributed by atoms with Gasteiger partial charge in [-0.3, -0.25) is 4.79 Å². The van der Waals surface area contributed by atoms with Gasteiger partial charge in [0, 0.05) is 47.6 Å². The number of methoxy groups -OCH3 is 2. The number of carbonyl (C=O) groups excluding carboxylic acids is 2. The third kappa shape index (κ3) is 5.50. The largest absolute Gasteiger partial charge is 0.497 e. The standard InChI is InChI=1S/C43H56N2O6/c1-29(30-10-7-6-8-11-30)44-38(48)45(24-9-25-50-4)28-42(49)21-18-36-40(42,3)20-17-35-39(2)19-16-32(46)26-41(39)22-23-43(35,36)34(27-41)37(47)31-12-14-33(51-5)15-13-31/h6-8,10-15,22-23,27,29,32,35-36,46,49H,9,16-21,24-26,28H2,1-5H3,(H,44,48)/t29-,32?,35-,36-,39-,40+,41+,42-,43-/m1/s1. The first-order valence-corrected chi connectivity index (χ1v) is 19.0. The minimum absolute atomic E-state index is 0.00690. The summed E-state index contributed by atoms with van der Waals surface area (Å²) >= 11 is 0. The van der Waals surface area contributed by atoms with E-state index >= 15 is 0 Å². The predicted octanol–water partition coefficient (Wildman–Crippen LogP) is 7.28. The Morgan fingerprint density at radius 1 is 0.941 bits per heavy atom. The summed E-state index contributed by atoms with van der Waals surface area (Å²) in [6.07, 6.45) is 12.4. The molecule has 2 bridgehead atoms. The fraction of sp³-hybridized carbons (Fsp3) is 0.581. The highest BCUT2D eigenvalue weighted by Crippen LogP contribution is 2.78. The maximum atomic E-state index is 14.8. The van der Waals surface area contributed by atoms with Crippen LogP contribution in [-0.4, -0.2) is 72.5 Å². The SMILES string of the molecule is COCCCN(C[C@]1(O)CC[C@H]2[C@]34C=C[C@@]5(C=C3C(=O)c3ccc(OC)cc3)CC(O)CC[C@]5(C)[C@H]4CC[C@@]21C)C(=O)N[C@H](C)c1ccccc1. The summed E-state index contributed by atoms with van der Waals surface area (Å²) in [4.78, 5) is 30.6. The van der Waals surface area contributed by atoms with Gasteiger partial charge in [0.1, 0.15) is 5.75 Å². The number of aliphatic hydroxyl groups excluding tert-OH is 1. The van der Waals surface area contributed by atoms with Crippen LogP contribution in [0.3, 0.4) is 0 Å². The molecule has 0 aliphatic heterocycles. The highest BCUT2D eigenvalue weighted by molar-refractivity contribution is 6.10. The van der Waals surface area contributed by atoms with Gasteiger partial charge in [-0.25, -0.2) is 4.79 Å². The third-order valence-corrected chi connectivity index (χ3v) is 14.5. The average molecular weight is 697 g/mol. The Hall–Kier alpha value is -3.46. The molecule has 2 aromatic rings. The van der Waals surface area contributed by atoms with Crippen molar-refractivity contribution in [1.82, 2.24) is 10.2 Å². The van der Waals surface area contributed by atoms with Crippen molar-refractivity contribution in [3.8, 4) is 5.75 Å². The van der Waals surface area contributed by atoms with Crippen LogP contribution in [0.15, 0.2) is 78.4 Å². The molecule has 0 radical (unpaired) electrons. The number of fused-ring (bicyclic) bond motifs is 1. The second-order valence-corrected chi connectivity index (χ2v) is 16.7. The molecule has 2 aromatic carbocycles. The van der Waals surface area contributed by atoms with Crippen LogP contribution < -0.4 is 10.1 Å². The molecule has 0 heterocycles. The number of nitrogens with zero attached hydrogens (tertiary/aromatic N) is 1. The molecule has 8 nitrogen and oxygen atoms in total. The lowest BCUT2D eigenvalue weighted by molar-refractivity contribution is -0.174. The molecule has 3 fully saturated rings. The summed E-state index contributed by atoms with van der Waals surface area (Å²) in [6.45, 7) is 7.79. The van der Waals surface area contributed by atoms with Crippen LogP contribution >= 0.6 is 0 Å². The Labute approximate surface area is 303 Å². The van der Waals surface area contributed by atoms with Gasteiger partial charge in [-0.15, -0.1) is 0 Å².